The van der Waals surface area contributed by atoms with E-state index in [0.29, 0.717) is 5.56 Å². The molecule has 0 fully saturated rings. The van der Waals surface area contributed by atoms with Crippen molar-refractivity contribution in [2.45, 2.75) is 20.8 Å². The molecule has 0 saturated heterocycles. The molecule has 0 amide bonds. The smallest absolute Gasteiger partial charge is 0.267 e. The average molecular weight is 192 g/mol. The number of nitrogens with zero attached hydrogens (tertiary/aromatic N) is 2. The molecule has 0 aromatic carbocycles. The van der Waals surface area contributed by atoms with E-state index in [1.165, 1.54) is 17.9 Å². The third kappa shape index (κ3) is 2.14. The molecule has 0 saturated carbocycles. The lowest BCUT2D eigenvalue weighted by atomic mass is 10.4. The second-order valence-corrected chi connectivity index (χ2v) is 2.52. The molecule has 1 aromatic rings. The van der Waals surface area contributed by atoms with Crippen LogP contribution in [0.1, 0.15) is 19.4 Å². The van der Waals surface area contributed by atoms with Crippen LogP contribution in [0.5, 0.6) is 0 Å². The van der Waals surface area contributed by atoms with Gasteiger partial charge in [0.05, 0.1) is 0 Å². The van der Waals surface area contributed by atoms with Crippen LogP contribution in [0.15, 0.2) is 11.0 Å². The monoisotopic (exact) mass is 192 g/mol. The highest BCUT2D eigenvalue weighted by atomic mass is 32.2. The summed E-state index contributed by atoms with van der Waals surface area (Å²) in [4.78, 5) is 10.9. The number of aryl methyl sites for hydroxylation is 1. The van der Waals surface area contributed by atoms with Crippen LogP contribution in [0.4, 0.5) is 3.89 Å². The fraction of sp³-hybridized carbons (Fsp3) is 0.571. The van der Waals surface area contributed by atoms with Crippen molar-refractivity contribution in [2.24, 2.45) is 7.05 Å². The molecule has 0 bridgehead atoms. The van der Waals surface area contributed by atoms with Crippen LogP contribution in [-0.2, 0) is 7.05 Å². The molecule has 1 rings (SSSR count). The van der Waals surface area contributed by atoms with Gasteiger partial charge in [-0.15, -0.1) is 3.89 Å². The minimum absolute atomic E-state index is 0.0100. The zero-order chi connectivity index (χ0) is 9.72. The van der Waals surface area contributed by atoms with Gasteiger partial charge in [-0.1, -0.05) is 13.8 Å². The van der Waals surface area contributed by atoms with Crippen molar-refractivity contribution in [1.82, 2.24) is 8.77 Å². The van der Waals surface area contributed by atoms with Crippen molar-refractivity contribution in [3.05, 3.63) is 22.1 Å². The Morgan fingerprint density at radius 2 is 2.00 bits per heavy atom. The number of hydrogen-bond acceptors (Lipinski definition) is 2. The van der Waals surface area contributed by atoms with Gasteiger partial charge in [0.1, 0.15) is 0 Å². The largest absolute Gasteiger partial charge is 0.270 e. The topological polar surface area (TPSA) is 26.9 Å². The fourth-order valence-corrected chi connectivity index (χ4v) is 1.08. The lowest BCUT2D eigenvalue weighted by molar-refractivity contribution is 0.685. The van der Waals surface area contributed by atoms with Gasteiger partial charge in [-0.25, -0.2) is 8.77 Å². The molecule has 0 aliphatic rings. The van der Waals surface area contributed by atoms with Gasteiger partial charge in [-0.2, -0.15) is 0 Å². The summed E-state index contributed by atoms with van der Waals surface area (Å²) in [5.74, 6) is 0. The van der Waals surface area contributed by atoms with E-state index in [2.05, 4.69) is 0 Å². The maximum atomic E-state index is 11.9. The van der Waals surface area contributed by atoms with Gasteiger partial charge in [0.2, 0.25) is 0 Å². The summed E-state index contributed by atoms with van der Waals surface area (Å²) < 4.78 is 14.2. The van der Waals surface area contributed by atoms with Gasteiger partial charge >= 0.3 is 0 Å². The molecular formula is C7H13FN2OS. The second kappa shape index (κ2) is 5.03. The number of rotatable bonds is 1. The lowest BCUT2D eigenvalue weighted by Crippen LogP contribution is -2.16. The van der Waals surface area contributed by atoms with E-state index in [1.807, 2.05) is 13.8 Å². The van der Waals surface area contributed by atoms with Gasteiger partial charge in [-0.3, -0.25) is 4.79 Å². The summed E-state index contributed by atoms with van der Waals surface area (Å²) in [7, 11) is 1.52. The first kappa shape index (κ1) is 11.3. The van der Waals surface area contributed by atoms with Crippen molar-refractivity contribution in [3.63, 3.8) is 0 Å². The fourth-order valence-electron chi connectivity index (χ4n) is 0.718. The van der Waals surface area contributed by atoms with E-state index in [4.69, 9.17) is 0 Å². The van der Waals surface area contributed by atoms with Gasteiger partial charge < -0.3 is 0 Å². The van der Waals surface area contributed by atoms with Crippen LogP contribution < -0.4 is 5.56 Å². The number of hydrogen-bond donors (Lipinski definition) is 0. The van der Waals surface area contributed by atoms with E-state index >= 15 is 0 Å². The second-order valence-electron chi connectivity index (χ2n) is 2.01. The summed E-state index contributed by atoms with van der Waals surface area (Å²) in [6, 6.07) is 0. The molecule has 0 spiro atoms. The minimum Gasteiger partial charge on any atom is -0.267 e. The van der Waals surface area contributed by atoms with Crippen LogP contribution in [0.25, 0.3) is 0 Å². The molecule has 0 aliphatic carbocycles. The third-order valence-corrected chi connectivity index (χ3v) is 1.79. The molecule has 1 aromatic heterocycles. The molecule has 0 aliphatic heterocycles. The normalized spacial score (nSPS) is 9.08. The van der Waals surface area contributed by atoms with E-state index in [1.54, 1.807) is 6.92 Å². The number of halogens is 1. The summed E-state index contributed by atoms with van der Waals surface area (Å²) in [5.41, 5.74) is 0.387. The molecule has 5 heteroatoms. The van der Waals surface area contributed by atoms with Crippen molar-refractivity contribution in [1.29, 1.82) is 0 Å². The zero-order valence-corrected chi connectivity index (χ0v) is 8.48. The van der Waals surface area contributed by atoms with Crippen LogP contribution in [0, 0.1) is 6.92 Å². The summed E-state index contributed by atoms with van der Waals surface area (Å²) in [6.07, 6.45) is 1.45. The average Bonchev–Trinajstić information content (AvgIpc) is 2.36. The Balaban J connectivity index is 0.000000561. The van der Waals surface area contributed by atoms with Crippen molar-refractivity contribution in [3.8, 4) is 0 Å². The van der Waals surface area contributed by atoms with Gasteiger partial charge in [0.15, 0.2) is 12.3 Å². The lowest BCUT2D eigenvalue weighted by Gasteiger charge is -1.95. The first-order chi connectivity index (χ1) is 5.66. The first-order valence-corrected chi connectivity index (χ1v) is 4.38. The predicted octanol–water partition coefficient (Wildman–Crippen LogP) is 1.90. The van der Waals surface area contributed by atoms with Crippen molar-refractivity contribution in [2.75, 3.05) is 0 Å². The Labute approximate surface area is 75.6 Å². The van der Waals surface area contributed by atoms with Gasteiger partial charge in [0, 0.05) is 18.8 Å². The zero-order valence-electron chi connectivity index (χ0n) is 7.67. The maximum absolute atomic E-state index is 11.9. The Bertz CT molecular complexity index is 292. The number of aromatic nitrogens is 2. The molecule has 1 heterocycles. The molecule has 70 valence electrons. The molecule has 0 unspecified atom stereocenters. The van der Waals surface area contributed by atoms with Crippen LogP contribution in [0.2, 0.25) is 0 Å². The molecule has 0 N–H and O–H groups in total. The highest BCUT2D eigenvalue weighted by molar-refractivity contribution is 7.92. The third-order valence-electron chi connectivity index (χ3n) is 1.30. The molecule has 0 radical (unpaired) electrons. The summed E-state index contributed by atoms with van der Waals surface area (Å²) >= 11 is 0.0100. The molecule has 3 nitrogen and oxygen atoms in total. The van der Waals surface area contributed by atoms with Gasteiger partial charge in [-0.05, 0) is 6.92 Å². The van der Waals surface area contributed by atoms with Crippen LogP contribution >= 0.6 is 12.3 Å². The SMILES string of the molecule is CC.Cc1cn(SF)n(C)c1=O. The summed E-state index contributed by atoms with van der Waals surface area (Å²) in [6.45, 7) is 5.65. The van der Waals surface area contributed by atoms with Crippen LogP contribution in [-0.4, -0.2) is 8.77 Å². The molecular weight excluding hydrogens is 179 g/mol. The van der Waals surface area contributed by atoms with Gasteiger partial charge in [0.25, 0.3) is 5.56 Å². The predicted molar refractivity (Wildman–Crippen MR) is 49.9 cm³/mol. The standard InChI is InChI=1S/C5H7FN2OS.C2H6/c1-4-3-8(10-6)7(2)5(4)9;1-2/h3H,1-2H3;1-2H3. The van der Waals surface area contributed by atoms with Crippen LogP contribution in [0.3, 0.4) is 0 Å². The molecule has 0 atom stereocenters. The highest BCUT2D eigenvalue weighted by Crippen LogP contribution is 2.04. The quantitative estimate of drug-likeness (QED) is 0.679. The maximum Gasteiger partial charge on any atom is 0.270 e. The first-order valence-electron chi connectivity index (χ1n) is 3.71. The Morgan fingerprint density at radius 3 is 2.17 bits per heavy atom. The van der Waals surface area contributed by atoms with E-state index < -0.39 is 0 Å². The Morgan fingerprint density at radius 1 is 1.50 bits per heavy atom. The Kier molecular flexibility index (Phi) is 4.73. The summed E-state index contributed by atoms with van der Waals surface area (Å²) in [5, 5.41) is 0. The Hall–Kier alpha value is -0.710. The van der Waals surface area contributed by atoms with E-state index in [-0.39, 0.29) is 17.9 Å². The van der Waals surface area contributed by atoms with E-state index in [0.717, 1.165) is 4.09 Å². The molecule has 12 heavy (non-hydrogen) atoms. The van der Waals surface area contributed by atoms with E-state index in [9.17, 15) is 8.68 Å². The van der Waals surface area contributed by atoms with Crippen molar-refractivity contribution < 1.29 is 3.89 Å². The van der Waals surface area contributed by atoms with Crippen molar-refractivity contribution >= 4 is 12.3 Å². The highest BCUT2D eigenvalue weighted by Gasteiger charge is 2.02. The minimum atomic E-state index is -0.162.